The van der Waals surface area contributed by atoms with Gasteiger partial charge in [0, 0.05) is 4.57 Å². The van der Waals surface area contributed by atoms with Crippen molar-refractivity contribution in [3.05, 3.63) is 0 Å². The molecule has 8 heteroatoms. The molecule has 2 unspecified atom stereocenters. The molecule has 0 saturated heterocycles. The molecule has 0 aliphatic heterocycles. The van der Waals surface area contributed by atoms with Crippen molar-refractivity contribution >= 4 is 16.1 Å². The molecule has 264 valence electrons. The maximum absolute atomic E-state index is 12.0. The van der Waals surface area contributed by atoms with E-state index in [0.717, 1.165) is 32.1 Å². The molecule has 0 aliphatic rings. The van der Waals surface area contributed by atoms with Crippen LogP contribution in [0.3, 0.4) is 0 Å². The first-order chi connectivity index (χ1) is 21.5. The third-order valence-electron chi connectivity index (χ3n) is 8.62. The Morgan fingerprint density at radius 2 is 0.682 bits per heavy atom. The van der Waals surface area contributed by atoms with Crippen LogP contribution in [0, 0.1) is 0 Å². The van der Waals surface area contributed by atoms with Crippen molar-refractivity contribution in [1.82, 2.24) is 0 Å². The first-order valence-corrected chi connectivity index (χ1v) is 21.9. The van der Waals surface area contributed by atoms with Crippen LogP contribution in [0.25, 0.3) is 0 Å². The quantitative estimate of drug-likeness (QED) is 0.0522. The van der Waals surface area contributed by atoms with Gasteiger partial charge in [0.25, 0.3) is 0 Å². The number of rotatable bonds is 38. The Bertz CT molecular complexity index is 634. The van der Waals surface area contributed by atoms with Gasteiger partial charge < -0.3 is 0 Å². The third kappa shape index (κ3) is 36.6. The molecule has 0 saturated carbocycles. The zero-order valence-corrected chi connectivity index (χ0v) is 31.2. The summed E-state index contributed by atoms with van der Waals surface area (Å²) in [5.74, 6) is 0. The van der Waals surface area contributed by atoms with Gasteiger partial charge in [-0.2, -0.15) is 0 Å². The number of hydrogen-bond acceptors (Lipinski definition) is 5. The molecule has 0 radical (unpaired) electrons. The zero-order valence-electron chi connectivity index (χ0n) is 29.4. The summed E-state index contributed by atoms with van der Waals surface area (Å²) >= 11 is 0. The number of unbranched alkanes of at least 4 members (excludes halogenated alkanes) is 30. The second-order valence-electron chi connectivity index (χ2n) is 13.0. The van der Waals surface area contributed by atoms with Crippen molar-refractivity contribution in [2.75, 3.05) is 13.2 Å². The predicted octanol–water partition coefficient (Wildman–Crippen LogP) is 14.3. The van der Waals surface area contributed by atoms with Gasteiger partial charge in [0.2, 0.25) is 0 Å². The van der Waals surface area contributed by atoms with Gasteiger partial charge in [0.15, 0.2) is 0 Å². The molecular formula is C36H75O6P2+. The number of hydrogen-bond donors (Lipinski definition) is 1. The van der Waals surface area contributed by atoms with Crippen molar-refractivity contribution in [3.8, 4) is 0 Å². The summed E-state index contributed by atoms with van der Waals surface area (Å²) in [6.07, 6.45) is 41.0. The van der Waals surface area contributed by atoms with Crippen molar-refractivity contribution in [1.29, 1.82) is 0 Å². The second-order valence-corrected chi connectivity index (χ2v) is 15.6. The highest BCUT2D eigenvalue weighted by Gasteiger charge is 2.37. The molecular weight excluding hydrogens is 590 g/mol. The second kappa shape index (κ2) is 36.0. The molecule has 0 aromatic heterocycles. The largest absolute Gasteiger partial charge is 0.708 e. The molecule has 0 heterocycles. The van der Waals surface area contributed by atoms with Crippen molar-refractivity contribution in [2.45, 2.75) is 219 Å². The van der Waals surface area contributed by atoms with E-state index in [1.165, 1.54) is 167 Å². The summed E-state index contributed by atoms with van der Waals surface area (Å²) in [5.41, 5.74) is 0. The molecule has 0 aliphatic carbocycles. The maximum atomic E-state index is 12.0. The van der Waals surface area contributed by atoms with Crippen LogP contribution in [0.5, 0.6) is 0 Å². The fourth-order valence-corrected chi connectivity index (χ4v) is 7.44. The lowest BCUT2D eigenvalue weighted by Gasteiger charge is -2.06. The van der Waals surface area contributed by atoms with Gasteiger partial charge in [-0.25, -0.2) is 4.57 Å². The van der Waals surface area contributed by atoms with E-state index in [1.54, 1.807) is 0 Å². The van der Waals surface area contributed by atoms with Gasteiger partial charge in [-0.3, -0.25) is 9.42 Å². The van der Waals surface area contributed by atoms with E-state index in [-0.39, 0.29) is 13.2 Å². The Balaban J connectivity index is 3.38. The van der Waals surface area contributed by atoms with Crippen molar-refractivity contribution in [2.24, 2.45) is 0 Å². The minimum absolute atomic E-state index is 0.133. The van der Waals surface area contributed by atoms with Crippen LogP contribution in [0.2, 0.25) is 0 Å². The van der Waals surface area contributed by atoms with E-state index in [1.807, 2.05) is 0 Å². The van der Waals surface area contributed by atoms with E-state index < -0.39 is 16.1 Å². The highest BCUT2D eigenvalue weighted by molar-refractivity contribution is 7.56. The van der Waals surface area contributed by atoms with Gasteiger partial charge in [0.05, 0.1) is 6.61 Å². The average Bonchev–Trinajstić information content (AvgIpc) is 3.00. The summed E-state index contributed by atoms with van der Waals surface area (Å²) in [6, 6.07) is 0. The number of phosphoric ester groups is 1. The van der Waals surface area contributed by atoms with Crippen LogP contribution >= 0.6 is 16.1 Å². The van der Waals surface area contributed by atoms with Gasteiger partial charge in [-0.1, -0.05) is 206 Å². The van der Waals surface area contributed by atoms with Gasteiger partial charge in [0.1, 0.15) is 6.61 Å². The normalized spacial score (nSPS) is 13.4. The van der Waals surface area contributed by atoms with Crippen LogP contribution in [0.4, 0.5) is 0 Å². The smallest absolute Gasteiger partial charge is 0.300 e. The molecule has 0 spiro atoms. The average molecular weight is 666 g/mol. The Morgan fingerprint density at radius 3 is 0.977 bits per heavy atom. The Morgan fingerprint density at radius 1 is 0.432 bits per heavy atom. The lowest BCUT2D eigenvalue weighted by molar-refractivity contribution is 0.186. The van der Waals surface area contributed by atoms with Gasteiger partial charge in [-0.15, -0.1) is 4.52 Å². The highest BCUT2D eigenvalue weighted by atomic mass is 31.2. The van der Waals surface area contributed by atoms with Crippen LogP contribution in [-0.4, -0.2) is 18.1 Å². The summed E-state index contributed by atoms with van der Waals surface area (Å²) in [7, 11) is -6.99. The number of phosphoric acid groups is 1. The van der Waals surface area contributed by atoms with E-state index in [4.69, 9.17) is 9.05 Å². The SMILES string of the molecule is CCCCCCCCCCCCCCCCCCO[P+](=O)OP(=O)(O)OCCCCCCCCCCCCCCCCCC. The lowest BCUT2D eigenvalue weighted by Crippen LogP contribution is -1.95. The maximum Gasteiger partial charge on any atom is 0.708 e. The molecule has 0 aromatic carbocycles. The third-order valence-corrected chi connectivity index (χ3v) is 10.9. The van der Waals surface area contributed by atoms with Crippen LogP contribution in [0.1, 0.15) is 219 Å². The van der Waals surface area contributed by atoms with E-state index in [2.05, 4.69) is 18.2 Å². The molecule has 0 rings (SSSR count). The highest BCUT2D eigenvalue weighted by Crippen LogP contribution is 2.52. The molecule has 6 nitrogen and oxygen atoms in total. The topological polar surface area (TPSA) is 82.1 Å². The molecule has 2 atom stereocenters. The first-order valence-electron chi connectivity index (χ1n) is 19.3. The van der Waals surface area contributed by atoms with Gasteiger partial charge >= 0.3 is 16.1 Å². The Hall–Kier alpha value is 0.170. The predicted molar refractivity (Wildman–Crippen MR) is 190 cm³/mol. The van der Waals surface area contributed by atoms with Crippen LogP contribution in [0.15, 0.2) is 0 Å². The van der Waals surface area contributed by atoms with Crippen molar-refractivity contribution < 1.29 is 27.4 Å². The molecule has 0 bridgehead atoms. The standard InChI is InChI=1S/C36H74O6P2/c1-3-5-7-9-11-13-15-17-19-21-23-25-27-29-31-33-35-40-43(37)42-44(38,39)41-36-34-32-30-28-26-24-22-20-18-16-14-12-10-8-6-4-2/h3-36H2,1-2H3/p+1. The minimum Gasteiger partial charge on any atom is -0.300 e. The summed E-state index contributed by atoms with van der Waals surface area (Å²) in [5, 5.41) is 0. The summed E-state index contributed by atoms with van der Waals surface area (Å²) in [6.45, 7) is 4.94. The Kier molecular flexibility index (Phi) is 36.2. The lowest BCUT2D eigenvalue weighted by atomic mass is 10.0. The molecule has 0 amide bonds. The molecule has 1 N–H and O–H groups in total. The molecule has 0 aromatic rings. The summed E-state index contributed by atoms with van der Waals surface area (Å²) in [4.78, 5) is 9.80. The van der Waals surface area contributed by atoms with Crippen LogP contribution < -0.4 is 0 Å². The van der Waals surface area contributed by atoms with Crippen LogP contribution in [-0.2, 0) is 22.5 Å². The zero-order chi connectivity index (χ0) is 32.2. The minimum atomic E-state index is -4.34. The summed E-state index contributed by atoms with van der Waals surface area (Å²) < 4.78 is 38.7. The molecule has 0 fully saturated rings. The first kappa shape index (κ1) is 44.2. The van der Waals surface area contributed by atoms with Crippen molar-refractivity contribution in [3.63, 3.8) is 0 Å². The fourth-order valence-electron chi connectivity index (χ4n) is 5.75. The molecule has 44 heavy (non-hydrogen) atoms. The van der Waals surface area contributed by atoms with E-state index >= 15 is 0 Å². The Labute approximate surface area is 275 Å². The van der Waals surface area contributed by atoms with E-state index in [9.17, 15) is 14.0 Å². The van der Waals surface area contributed by atoms with E-state index in [0.29, 0.717) is 6.42 Å². The fraction of sp³-hybridized carbons (Fsp3) is 1.00. The monoisotopic (exact) mass is 666 g/mol. The van der Waals surface area contributed by atoms with Gasteiger partial charge in [-0.05, 0) is 17.2 Å².